The third kappa shape index (κ3) is 21.3. The Morgan fingerprint density at radius 1 is 0.981 bits per heavy atom. The predicted octanol–water partition coefficient (Wildman–Crippen LogP) is 10.2. The van der Waals surface area contributed by atoms with E-state index in [4.69, 9.17) is 21.5 Å². The molecule has 2 heterocycles. The Bertz CT molecular complexity index is 1380. The van der Waals surface area contributed by atoms with Crippen molar-refractivity contribution in [1.29, 1.82) is 0 Å². The molecular weight excluding hydrogens is 716 g/mol. The van der Waals surface area contributed by atoms with Crippen LogP contribution < -0.4 is 4.31 Å². The van der Waals surface area contributed by atoms with Crippen LogP contribution in [0.3, 0.4) is 0 Å². The van der Waals surface area contributed by atoms with Gasteiger partial charge in [0.15, 0.2) is 0 Å². The summed E-state index contributed by atoms with van der Waals surface area (Å²) in [6, 6.07) is 10.8. The minimum absolute atomic E-state index is 0.208. The third-order valence-corrected chi connectivity index (χ3v) is 9.74. The fourth-order valence-corrected chi connectivity index (χ4v) is 7.88. The Labute approximate surface area is 328 Å². The van der Waals surface area contributed by atoms with E-state index in [1.807, 2.05) is 44.9 Å². The number of rotatable bonds is 10. The SMILES string of the molecule is C=C.CC.CC(C)(C)O.CCOC.CCc1c(C)c2c3c(cc(C)n3CCN2SCCS(C)(C)C)c1-c1ccc(Cl)cc1.COC=O.COCC=O. The molecule has 1 aromatic heterocycles. The average Bonchev–Trinajstić information content (AvgIpc) is 3.44. The lowest BCUT2D eigenvalue weighted by atomic mass is 9.89. The highest BCUT2D eigenvalue weighted by atomic mass is 35.5. The molecule has 11 heteroatoms. The van der Waals surface area contributed by atoms with Gasteiger partial charge in [0.2, 0.25) is 0 Å². The largest absolute Gasteiger partial charge is 0.471 e. The van der Waals surface area contributed by atoms with Crippen LogP contribution in [0.15, 0.2) is 43.5 Å². The number of hydrogen-bond donors (Lipinski definition) is 1. The molecule has 0 saturated carbocycles. The molecule has 300 valence electrons. The number of methoxy groups -OCH3 is 3. The second-order valence-corrected chi connectivity index (χ2v) is 19.0. The van der Waals surface area contributed by atoms with Gasteiger partial charge in [-0.2, -0.15) is 0 Å². The van der Waals surface area contributed by atoms with Crippen molar-refractivity contribution in [3.8, 4) is 11.1 Å². The number of carbonyl (C=O) groups excluding carboxylic acids is 2. The first-order valence-electron chi connectivity index (χ1n) is 17.5. The van der Waals surface area contributed by atoms with Crippen molar-refractivity contribution < 1.29 is 28.9 Å². The Hall–Kier alpha value is -2.47. The quantitative estimate of drug-likeness (QED) is 0.123. The highest BCUT2D eigenvalue weighted by Crippen LogP contribution is 2.47. The molecule has 0 atom stereocenters. The fraction of sp³-hybridized carbons (Fsp3) is 0.561. The summed E-state index contributed by atoms with van der Waals surface area (Å²) in [5.74, 6) is 2.50. The van der Waals surface area contributed by atoms with Crippen molar-refractivity contribution in [3.05, 3.63) is 65.3 Å². The number of benzene rings is 2. The van der Waals surface area contributed by atoms with Crippen LogP contribution in [0.2, 0.25) is 5.02 Å². The van der Waals surface area contributed by atoms with Crippen LogP contribution in [0.5, 0.6) is 0 Å². The van der Waals surface area contributed by atoms with E-state index in [0.29, 0.717) is 12.8 Å². The minimum atomic E-state index is -0.500. The Balaban J connectivity index is -0.000000899. The monoisotopic (exact) mass is 786 g/mol. The van der Waals surface area contributed by atoms with Crippen LogP contribution in [-0.2, 0) is 36.8 Å². The fourth-order valence-electron chi connectivity index (χ4n) is 4.67. The summed E-state index contributed by atoms with van der Waals surface area (Å²) in [5.41, 5.74) is 9.26. The number of aryl methyl sites for hydroxylation is 1. The average molecular weight is 788 g/mol. The first-order valence-corrected chi connectivity index (χ1v) is 21.9. The molecule has 0 saturated heterocycles. The standard InChI is InChI=1S/C25H33ClN2S2.C4H10O.C3H6O2.C3H8O.C2H4O2.C2H6.C2H4/c1-7-21-18(3)24-25-22(23(21)19-8-10-20(26)11-9-19)16-17(2)27(25)12-13-28(24)29-14-15-30(4,5)6;1-4(2,3)5;1-5-3-2-4;1-3-4-2;1-4-2-3;2*1-2/h8-11,16H,7,12-15H2,1-6H3;5H,1-3H3;2H,3H2,1H3;3H2,1-2H3;2H,1H3;1-2H3;1-2H2. The van der Waals surface area contributed by atoms with Gasteiger partial charge in [0.05, 0.1) is 23.9 Å². The van der Waals surface area contributed by atoms with Crippen LogP contribution in [0, 0.1) is 13.8 Å². The van der Waals surface area contributed by atoms with E-state index in [9.17, 15) is 4.79 Å². The Kier molecular flexibility index (Phi) is 31.0. The molecule has 0 amide bonds. The number of aldehydes is 1. The molecule has 0 aliphatic carbocycles. The molecule has 0 radical (unpaired) electrons. The molecule has 0 spiro atoms. The zero-order valence-electron chi connectivity index (χ0n) is 35.0. The van der Waals surface area contributed by atoms with Gasteiger partial charge in [-0.3, -0.25) is 4.79 Å². The molecule has 4 rings (SSSR count). The molecule has 1 aliphatic heterocycles. The third-order valence-electron chi connectivity index (χ3n) is 6.73. The maximum Gasteiger partial charge on any atom is 0.292 e. The Morgan fingerprint density at radius 2 is 1.48 bits per heavy atom. The smallest absolute Gasteiger partial charge is 0.292 e. The molecule has 1 N–H and O–H groups in total. The van der Waals surface area contributed by atoms with Crippen molar-refractivity contribution in [2.75, 3.05) is 75.7 Å². The van der Waals surface area contributed by atoms with Gasteiger partial charge in [-0.05, 0) is 125 Å². The lowest BCUT2D eigenvalue weighted by molar-refractivity contribution is -0.126. The second-order valence-electron chi connectivity index (χ2n) is 12.8. The van der Waals surface area contributed by atoms with E-state index < -0.39 is 15.6 Å². The highest BCUT2D eigenvalue weighted by Gasteiger charge is 2.28. The van der Waals surface area contributed by atoms with Crippen molar-refractivity contribution in [1.82, 2.24) is 4.57 Å². The summed E-state index contributed by atoms with van der Waals surface area (Å²) in [4.78, 5) is 18.2. The van der Waals surface area contributed by atoms with Crippen molar-refractivity contribution in [2.24, 2.45) is 0 Å². The number of nitrogens with zero attached hydrogens (tertiary/aromatic N) is 2. The number of hydrogen-bond acceptors (Lipinski definition) is 8. The minimum Gasteiger partial charge on any atom is -0.471 e. The van der Waals surface area contributed by atoms with Gasteiger partial charge in [0, 0.05) is 55.8 Å². The number of aliphatic hydroxyl groups is 1. The molecule has 3 aromatic rings. The maximum atomic E-state index is 9.28. The molecular formula is C41H71ClN2O6S2. The van der Waals surface area contributed by atoms with E-state index >= 15 is 0 Å². The van der Waals surface area contributed by atoms with Gasteiger partial charge in [-0.1, -0.05) is 44.5 Å². The van der Waals surface area contributed by atoms with Gasteiger partial charge in [-0.25, -0.2) is 10.0 Å². The summed E-state index contributed by atoms with van der Waals surface area (Å²) in [7, 11) is 4.01. The lowest BCUT2D eigenvalue weighted by Crippen LogP contribution is -2.28. The van der Waals surface area contributed by atoms with Crippen molar-refractivity contribution in [3.63, 3.8) is 0 Å². The van der Waals surface area contributed by atoms with Crippen LogP contribution in [-0.4, -0.2) is 99.4 Å². The summed E-state index contributed by atoms with van der Waals surface area (Å²) in [6.45, 7) is 27.6. The highest BCUT2D eigenvalue weighted by molar-refractivity contribution is 8.32. The first-order chi connectivity index (χ1) is 24.5. The van der Waals surface area contributed by atoms with Crippen LogP contribution in [0.25, 0.3) is 22.0 Å². The maximum absolute atomic E-state index is 9.28. The van der Waals surface area contributed by atoms with Crippen molar-refractivity contribution >= 4 is 62.9 Å². The zero-order chi connectivity index (χ0) is 41.1. The molecule has 1 aliphatic rings. The van der Waals surface area contributed by atoms with Crippen LogP contribution >= 0.6 is 33.6 Å². The summed E-state index contributed by atoms with van der Waals surface area (Å²) in [5, 5.41) is 10.7. The summed E-state index contributed by atoms with van der Waals surface area (Å²) < 4.78 is 17.8. The number of carbonyl (C=O) groups is 2. The summed E-state index contributed by atoms with van der Waals surface area (Å²) in [6.07, 6.45) is 8.98. The van der Waals surface area contributed by atoms with E-state index in [1.165, 1.54) is 70.3 Å². The van der Waals surface area contributed by atoms with Crippen LogP contribution in [0.1, 0.15) is 65.3 Å². The Morgan fingerprint density at radius 3 is 1.85 bits per heavy atom. The molecule has 0 unspecified atom stereocenters. The van der Waals surface area contributed by atoms with Gasteiger partial charge >= 0.3 is 0 Å². The van der Waals surface area contributed by atoms with E-state index in [2.05, 4.69) is 94.0 Å². The van der Waals surface area contributed by atoms with Gasteiger partial charge in [0.1, 0.15) is 12.9 Å². The normalized spacial score (nSPS) is 11.4. The first kappa shape index (κ1) is 53.9. The van der Waals surface area contributed by atoms with Gasteiger partial charge in [0.25, 0.3) is 6.47 Å². The zero-order valence-corrected chi connectivity index (χ0v) is 37.4. The van der Waals surface area contributed by atoms with Crippen LogP contribution in [0.4, 0.5) is 5.69 Å². The number of aromatic nitrogens is 1. The molecule has 0 bridgehead atoms. The van der Waals surface area contributed by atoms with Gasteiger partial charge < -0.3 is 33.0 Å². The number of ether oxygens (including phenoxy) is 3. The van der Waals surface area contributed by atoms with E-state index in [-0.39, 0.29) is 6.61 Å². The second kappa shape index (κ2) is 29.9. The number of anilines is 1. The summed E-state index contributed by atoms with van der Waals surface area (Å²) >= 11 is 8.23. The van der Waals surface area contributed by atoms with E-state index in [0.717, 1.165) is 31.1 Å². The molecule has 2 aromatic carbocycles. The topological polar surface area (TPSA) is 90.2 Å². The molecule has 52 heavy (non-hydrogen) atoms. The van der Waals surface area contributed by atoms with Gasteiger partial charge in [-0.15, -0.1) is 13.2 Å². The number of halogens is 1. The molecule has 8 nitrogen and oxygen atoms in total. The lowest BCUT2D eigenvalue weighted by Gasteiger charge is -2.34. The van der Waals surface area contributed by atoms with E-state index in [1.54, 1.807) is 27.9 Å². The molecule has 0 fully saturated rings. The van der Waals surface area contributed by atoms with Crippen molar-refractivity contribution in [2.45, 2.75) is 80.9 Å². The predicted molar refractivity (Wildman–Crippen MR) is 234 cm³/mol.